The van der Waals surface area contributed by atoms with Crippen molar-refractivity contribution in [2.75, 3.05) is 11.1 Å². The number of fused-ring (bicyclic) bond motifs is 2. The smallest absolute Gasteiger partial charge is 0.267 e. The maximum Gasteiger partial charge on any atom is 0.267 e. The quantitative estimate of drug-likeness (QED) is 0.443. The van der Waals surface area contributed by atoms with Crippen LogP contribution < -0.4 is 11.1 Å². The van der Waals surface area contributed by atoms with Gasteiger partial charge in [0.2, 0.25) is 0 Å². The number of amides is 1. The Bertz CT molecular complexity index is 1270. The Morgan fingerprint density at radius 3 is 2.67 bits per heavy atom. The van der Waals surface area contributed by atoms with Gasteiger partial charge in [0.15, 0.2) is 0 Å². The number of hydrogen-bond acceptors (Lipinski definition) is 5. The average molecular weight is 421 g/mol. The van der Waals surface area contributed by atoms with Crippen LogP contribution in [0.1, 0.15) is 39.5 Å². The Labute approximate surface area is 176 Å². The molecule has 0 saturated heterocycles. The topological polar surface area (TPSA) is 81.2 Å². The molecule has 5 nitrogen and oxygen atoms in total. The molecule has 1 aliphatic rings. The van der Waals surface area contributed by atoms with Crippen LogP contribution in [0.3, 0.4) is 0 Å². The molecule has 0 atom stereocenters. The molecule has 1 aromatic carbocycles. The first-order valence-corrected chi connectivity index (χ1v) is 10.7. The third-order valence-electron chi connectivity index (χ3n) is 5.45. The number of nitrogens with two attached hydrogens (primary N) is 1. The summed E-state index contributed by atoms with van der Waals surface area (Å²) >= 11 is 1.28. The van der Waals surface area contributed by atoms with Crippen molar-refractivity contribution >= 4 is 38.8 Å². The van der Waals surface area contributed by atoms with Gasteiger partial charge in [-0.15, -0.1) is 11.3 Å². The van der Waals surface area contributed by atoms with Gasteiger partial charge in [0.05, 0.1) is 5.69 Å². The second-order valence-corrected chi connectivity index (χ2v) is 8.51. The number of nitrogens with one attached hydrogen (secondary N) is 1. The molecule has 30 heavy (non-hydrogen) atoms. The fourth-order valence-corrected chi connectivity index (χ4v) is 5.06. The number of nitrogen functional groups attached to an aromatic ring is 1. The van der Waals surface area contributed by atoms with Crippen LogP contribution in [0.5, 0.6) is 0 Å². The summed E-state index contributed by atoms with van der Waals surface area (Å²) in [5.74, 6) is 0.889. The van der Waals surface area contributed by atoms with Crippen LogP contribution in [-0.2, 0) is 12.8 Å². The normalized spacial score (nSPS) is 13.4. The SMILES string of the molecule is Cc1ccc(-c2c3c(nc4sc(C(=O)Nc5ccc(F)cc5)c(N)c24)CCCC3)o1. The van der Waals surface area contributed by atoms with Crippen molar-refractivity contribution in [3.8, 4) is 11.3 Å². The monoisotopic (exact) mass is 421 g/mol. The largest absolute Gasteiger partial charge is 0.461 e. The molecular weight excluding hydrogens is 401 g/mol. The number of rotatable bonds is 3. The minimum Gasteiger partial charge on any atom is -0.461 e. The van der Waals surface area contributed by atoms with Gasteiger partial charge >= 0.3 is 0 Å². The molecule has 0 unspecified atom stereocenters. The van der Waals surface area contributed by atoms with Crippen LogP contribution >= 0.6 is 11.3 Å². The summed E-state index contributed by atoms with van der Waals surface area (Å²) in [7, 11) is 0. The van der Waals surface area contributed by atoms with Crippen LogP contribution in [0.4, 0.5) is 15.8 Å². The van der Waals surface area contributed by atoms with Gasteiger partial charge in [-0.25, -0.2) is 9.37 Å². The third-order valence-corrected chi connectivity index (χ3v) is 6.55. The molecule has 7 heteroatoms. The number of benzene rings is 1. The van der Waals surface area contributed by atoms with Gasteiger partial charge in [0.25, 0.3) is 5.91 Å². The van der Waals surface area contributed by atoms with Gasteiger partial charge in [-0.1, -0.05) is 0 Å². The molecule has 3 N–H and O–H groups in total. The average Bonchev–Trinajstić information content (AvgIpc) is 3.31. The minimum atomic E-state index is -0.359. The maximum absolute atomic E-state index is 13.2. The first kappa shape index (κ1) is 18.8. The van der Waals surface area contributed by atoms with E-state index >= 15 is 0 Å². The van der Waals surface area contributed by atoms with E-state index in [1.54, 1.807) is 0 Å². The van der Waals surface area contributed by atoms with Crippen molar-refractivity contribution in [3.63, 3.8) is 0 Å². The zero-order chi connectivity index (χ0) is 20.8. The van der Waals surface area contributed by atoms with Crippen molar-refractivity contribution in [2.24, 2.45) is 0 Å². The summed E-state index contributed by atoms with van der Waals surface area (Å²) in [6, 6.07) is 9.53. The number of carbonyl (C=O) groups is 1. The molecule has 4 aromatic rings. The van der Waals surface area contributed by atoms with E-state index in [-0.39, 0.29) is 11.7 Å². The molecule has 152 valence electrons. The van der Waals surface area contributed by atoms with Gasteiger partial charge < -0.3 is 15.5 Å². The summed E-state index contributed by atoms with van der Waals surface area (Å²) in [4.78, 5) is 18.9. The van der Waals surface area contributed by atoms with E-state index in [9.17, 15) is 9.18 Å². The van der Waals surface area contributed by atoms with Gasteiger partial charge in [-0.3, -0.25) is 4.79 Å². The molecule has 0 saturated carbocycles. The molecule has 0 fully saturated rings. The van der Waals surface area contributed by atoms with Gasteiger partial charge in [-0.05, 0) is 74.6 Å². The van der Waals surface area contributed by atoms with Crippen LogP contribution in [0.15, 0.2) is 40.8 Å². The highest BCUT2D eigenvalue weighted by Gasteiger charge is 2.27. The molecule has 0 radical (unpaired) electrons. The minimum absolute atomic E-state index is 0.332. The lowest BCUT2D eigenvalue weighted by Crippen LogP contribution is -2.12. The van der Waals surface area contributed by atoms with Crippen LogP contribution in [-0.4, -0.2) is 10.9 Å². The second-order valence-electron chi connectivity index (χ2n) is 7.52. The Morgan fingerprint density at radius 2 is 1.93 bits per heavy atom. The molecule has 3 aromatic heterocycles. The summed E-state index contributed by atoms with van der Waals surface area (Å²) in [6.45, 7) is 1.91. The lowest BCUT2D eigenvalue weighted by atomic mass is 9.89. The number of aromatic nitrogens is 1. The van der Waals surface area contributed by atoms with E-state index in [1.165, 1.54) is 35.6 Å². The van der Waals surface area contributed by atoms with E-state index < -0.39 is 0 Å². The lowest BCUT2D eigenvalue weighted by molar-refractivity contribution is 0.103. The van der Waals surface area contributed by atoms with Crippen LogP contribution in [0.25, 0.3) is 21.5 Å². The maximum atomic E-state index is 13.2. The van der Waals surface area contributed by atoms with Crippen molar-refractivity contribution in [3.05, 3.63) is 64.1 Å². The Morgan fingerprint density at radius 1 is 1.17 bits per heavy atom. The number of furan rings is 1. The zero-order valence-corrected chi connectivity index (χ0v) is 17.2. The Balaban J connectivity index is 1.66. The van der Waals surface area contributed by atoms with Crippen LogP contribution in [0, 0.1) is 12.7 Å². The van der Waals surface area contributed by atoms with Crippen LogP contribution in [0.2, 0.25) is 0 Å². The molecule has 0 spiro atoms. The molecule has 1 aliphatic carbocycles. The fourth-order valence-electron chi connectivity index (χ4n) is 4.04. The van der Waals surface area contributed by atoms with Gasteiger partial charge in [0.1, 0.15) is 27.0 Å². The highest BCUT2D eigenvalue weighted by Crippen LogP contribution is 2.44. The fraction of sp³-hybridized carbons (Fsp3) is 0.217. The highest BCUT2D eigenvalue weighted by molar-refractivity contribution is 7.21. The summed E-state index contributed by atoms with van der Waals surface area (Å²) in [6.07, 6.45) is 4.02. The number of nitrogens with zero attached hydrogens (tertiary/aromatic N) is 1. The number of halogens is 1. The second kappa shape index (κ2) is 7.25. The number of aryl methyl sites for hydroxylation is 2. The van der Waals surface area contributed by atoms with Crippen molar-refractivity contribution in [1.82, 2.24) is 4.98 Å². The van der Waals surface area contributed by atoms with Crippen molar-refractivity contribution in [2.45, 2.75) is 32.6 Å². The predicted molar refractivity (Wildman–Crippen MR) is 117 cm³/mol. The summed E-state index contributed by atoms with van der Waals surface area (Å²) < 4.78 is 19.1. The lowest BCUT2D eigenvalue weighted by Gasteiger charge is -2.18. The summed E-state index contributed by atoms with van der Waals surface area (Å²) in [5.41, 5.74) is 10.6. The van der Waals surface area contributed by atoms with Gasteiger partial charge in [-0.2, -0.15) is 0 Å². The molecule has 1 amide bonds. The standard InChI is InChI=1S/C23H20FN3O2S/c1-12-6-11-17(29-12)18-15-4-2-3-5-16(15)27-23-19(18)20(25)21(30-23)22(28)26-14-9-7-13(24)8-10-14/h6-11H,2-5,25H2,1H3,(H,26,28). The van der Waals surface area contributed by atoms with E-state index in [0.717, 1.165) is 64.2 Å². The van der Waals surface area contributed by atoms with E-state index in [2.05, 4.69) is 5.32 Å². The van der Waals surface area contributed by atoms with E-state index in [4.69, 9.17) is 15.1 Å². The predicted octanol–water partition coefficient (Wildman–Crippen LogP) is 5.72. The molecule has 5 rings (SSSR count). The number of anilines is 2. The number of pyridine rings is 1. The molecule has 3 heterocycles. The Hall–Kier alpha value is -3.19. The first-order chi connectivity index (χ1) is 14.5. The molecular formula is C23H20FN3O2S. The number of thiophene rings is 1. The number of hydrogen-bond donors (Lipinski definition) is 2. The Kier molecular flexibility index (Phi) is 4.55. The van der Waals surface area contributed by atoms with E-state index in [0.29, 0.717) is 16.3 Å². The van der Waals surface area contributed by atoms with Gasteiger partial charge in [0, 0.05) is 22.3 Å². The van der Waals surface area contributed by atoms with Crippen molar-refractivity contribution in [1.29, 1.82) is 0 Å². The first-order valence-electron chi connectivity index (χ1n) is 9.88. The number of carbonyl (C=O) groups excluding carboxylic acids is 1. The molecule has 0 aliphatic heterocycles. The zero-order valence-electron chi connectivity index (χ0n) is 16.4. The van der Waals surface area contributed by atoms with Crippen molar-refractivity contribution < 1.29 is 13.6 Å². The third kappa shape index (κ3) is 3.15. The molecule has 0 bridgehead atoms. The van der Waals surface area contributed by atoms with E-state index in [1.807, 2.05) is 19.1 Å². The highest BCUT2D eigenvalue weighted by atomic mass is 32.1. The summed E-state index contributed by atoms with van der Waals surface area (Å²) in [5, 5.41) is 3.57.